The van der Waals surface area contributed by atoms with Crippen LogP contribution >= 0.6 is 11.8 Å². The minimum absolute atomic E-state index is 0.00687. The van der Waals surface area contributed by atoms with Crippen molar-refractivity contribution in [3.05, 3.63) is 87.0 Å². The molecule has 0 radical (unpaired) electrons. The number of non-ortho nitro benzene ring substituents is 1. The van der Waals surface area contributed by atoms with Crippen molar-refractivity contribution < 1.29 is 23.7 Å². The third-order valence-corrected chi connectivity index (χ3v) is 5.82. The first-order valence-electron chi connectivity index (χ1n) is 9.65. The van der Waals surface area contributed by atoms with Crippen LogP contribution in [-0.2, 0) is 9.53 Å². The molecule has 2 heterocycles. The van der Waals surface area contributed by atoms with E-state index in [2.05, 4.69) is 4.99 Å². The Labute approximate surface area is 192 Å². The summed E-state index contributed by atoms with van der Waals surface area (Å²) in [6.45, 7) is 0. The molecule has 10 heteroatoms. The van der Waals surface area contributed by atoms with Crippen molar-refractivity contribution in [3.8, 4) is 11.3 Å². The van der Waals surface area contributed by atoms with Gasteiger partial charge < -0.3 is 9.15 Å². The molecule has 0 bridgehead atoms. The zero-order valence-corrected chi connectivity index (χ0v) is 18.4. The first-order valence-corrected chi connectivity index (χ1v) is 10.5. The fourth-order valence-corrected chi connectivity index (χ4v) is 4.01. The first kappa shape index (κ1) is 22.0. The molecular weight excluding hydrogens is 446 g/mol. The Hall–Kier alpha value is -4.18. The molecule has 9 nitrogen and oxygen atoms in total. The van der Waals surface area contributed by atoms with E-state index in [1.807, 2.05) is 0 Å². The van der Waals surface area contributed by atoms with Gasteiger partial charge in [0.15, 0.2) is 5.17 Å². The molecule has 4 rings (SSSR count). The van der Waals surface area contributed by atoms with Gasteiger partial charge in [-0.1, -0.05) is 6.07 Å². The summed E-state index contributed by atoms with van der Waals surface area (Å²) >= 11 is 1.18. The number of hydrogen-bond donors (Lipinski definition) is 0. The van der Waals surface area contributed by atoms with Gasteiger partial charge in [0.2, 0.25) is 0 Å². The molecule has 0 aliphatic carbocycles. The number of hydrogen-bond acceptors (Lipinski definition) is 8. The molecule has 0 spiro atoms. The fraction of sp³-hybridized carbons (Fsp3) is 0.0870. The van der Waals surface area contributed by atoms with Gasteiger partial charge in [0, 0.05) is 30.8 Å². The number of methoxy groups -OCH3 is 1. The maximum Gasteiger partial charge on any atom is 0.337 e. The van der Waals surface area contributed by atoms with E-state index in [1.165, 1.54) is 35.9 Å². The van der Waals surface area contributed by atoms with Crippen LogP contribution in [-0.4, -0.2) is 41.0 Å². The lowest BCUT2D eigenvalue weighted by molar-refractivity contribution is -0.384. The number of esters is 1. The molecular formula is C23H17N3O6S. The van der Waals surface area contributed by atoms with Crippen LogP contribution in [0.15, 0.2) is 75.0 Å². The van der Waals surface area contributed by atoms with E-state index >= 15 is 0 Å². The molecule has 1 aliphatic rings. The number of nitrogens with zero attached hydrogens (tertiary/aromatic N) is 3. The average Bonchev–Trinajstić information content (AvgIpc) is 3.39. The monoisotopic (exact) mass is 463 g/mol. The minimum Gasteiger partial charge on any atom is -0.465 e. The number of amidine groups is 1. The number of furan rings is 1. The molecule has 3 aromatic rings. The molecule has 1 aliphatic heterocycles. The van der Waals surface area contributed by atoms with Crippen molar-refractivity contribution >= 4 is 46.3 Å². The zero-order valence-electron chi connectivity index (χ0n) is 17.6. The van der Waals surface area contributed by atoms with Crippen LogP contribution in [0.25, 0.3) is 17.4 Å². The molecule has 0 atom stereocenters. The molecule has 1 amide bonds. The second kappa shape index (κ2) is 9.13. The van der Waals surface area contributed by atoms with Crippen molar-refractivity contribution in [2.45, 2.75) is 0 Å². The first-order chi connectivity index (χ1) is 15.9. The normalized spacial score (nSPS) is 15.9. The Bertz CT molecular complexity index is 1310. The second-order valence-electron chi connectivity index (χ2n) is 6.92. The molecule has 0 N–H and O–H groups in total. The summed E-state index contributed by atoms with van der Waals surface area (Å²) < 4.78 is 10.5. The van der Waals surface area contributed by atoms with Crippen LogP contribution in [0.3, 0.4) is 0 Å². The molecule has 33 heavy (non-hydrogen) atoms. The van der Waals surface area contributed by atoms with Gasteiger partial charge in [0.05, 0.1) is 28.2 Å². The number of likely N-dealkylation sites (N-methyl/N-ethyl adjacent to an activating group) is 1. The van der Waals surface area contributed by atoms with Crippen LogP contribution in [0.1, 0.15) is 16.1 Å². The van der Waals surface area contributed by atoms with Crippen molar-refractivity contribution in [3.63, 3.8) is 0 Å². The number of amides is 1. The predicted octanol–water partition coefficient (Wildman–Crippen LogP) is 4.88. The number of thioether (sulfide) groups is 1. The van der Waals surface area contributed by atoms with E-state index in [0.29, 0.717) is 38.4 Å². The predicted molar refractivity (Wildman–Crippen MR) is 124 cm³/mol. The van der Waals surface area contributed by atoms with Crippen LogP contribution < -0.4 is 0 Å². The number of nitro groups is 1. The lowest BCUT2D eigenvalue weighted by Gasteiger charge is -2.07. The topological polar surface area (TPSA) is 115 Å². The molecule has 0 unspecified atom stereocenters. The van der Waals surface area contributed by atoms with E-state index < -0.39 is 10.9 Å². The van der Waals surface area contributed by atoms with Gasteiger partial charge in [0.25, 0.3) is 11.6 Å². The van der Waals surface area contributed by atoms with Gasteiger partial charge in [-0.05, 0) is 54.2 Å². The maximum absolute atomic E-state index is 12.7. The van der Waals surface area contributed by atoms with Gasteiger partial charge in [-0.15, -0.1) is 0 Å². The molecule has 1 saturated heterocycles. The van der Waals surface area contributed by atoms with Crippen LogP contribution in [0, 0.1) is 10.1 Å². The lowest BCUT2D eigenvalue weighted by atomic mass is 10.1. The number of carbonyl (C=O) groups is 2. The van der Waals surface area contributed by atoms with E-state index in [4.69, 9.17) is 9.15 Å². The maximum atomic E-state index is 12.7. The molecule has 2 aromatic carbocycles. The average molecular weight is 463 g/mol. The Morgan fingerprint density at radius 2 is 1.94 bits per heavy atom. The Morgan fingerprint density at radius 3 is 2.64 bits per heavy atom. The molecule has 1 fully saturated rings. The standard InChI is InChI=1S/C23H17N3O6S/c1-25-21(27)20(33-23(25)24-16-5-3-4-15(12-16)22(28)31-2)13-18-10-11-19(32-18)14-6-8-17(9-7-14)26(29)30/h3-13H,1-2H3. The summed E-state index contributed by atoms with van der Waals surface area (Å²) in [5.41, 5.74) is 1.55. The third-order valence-electron chi connectivity index (χ3n) is 4.76. The fourth-order valence-electron chi connectivity index (χ4n) is 3.04. The van der Waals surface area contributed by atoms with Crippen LogP contribution in [0.5, 0.6) is 0 Å². The van der Waals surface area contributed by atoms with E-state index in [1.54, 1.807) is 61.7 Å². The van der Waals surface area contributed by atoms with E-state index in [-0.39, 0.29) is 11.6 Å². The van der Waals surface area contributed by atoms with E-state index in [9.17, 15) is 19.7 Å². The van der Waals surface area contributed by atoms with Gasteiger partial charge in [-0.2, -0.15) is 0 Å². The largest absolute Gasteiger partial charge is 0.465 e. The van der Waals surface area contributed by atoms with Crippen molar-refractivity contribution in [1.82, 2.24) is 4.90 Å². The van der Waals surface area contributed by atoms with Gasteiger partial charge in [-0.25, -0.2) is 9.79 Å². The lowest BCUT2D eigenvalue weighted by Crippen LogP contribution is -2.23. The number of aliphatic imine (C=N–C) groups is 1. The SMILES string of the molecule is COC(=O)c1cccc(N=C2SC(=Cc3ccc(-c4ccc([N+](=O)[O-])cc4)o3)C(=O)N2C)c1. The number of carbonyl (C=O) groups excluding carboxylic acids is 2. The quantitative estimate of drug-likeness (QED) is 0.229. The van der Waals surface area contributed by atoms with Crippen molar-refractivity contribution in [2.24, 2.45) is 4.99 Å². The minimum atomic E-state index is -0.470. The summed E-state index contributed by atoms with van der Waals surface area (Å²) in [6, 6.07) is 16.1. The molecule has 1 aromatic heterocycles. The summed E-state index contributed by atoms with van der Waals surface area (Å²) in [5, 5.41) is 11.3. The van der Waals surface area contributed by atoms with Crippen molar-refractivity contribution in [2.75, 3.05) is 14.2 Å². The highest BCUT2D eigenvalue weighted by Gasteiger charge is 2.30. The summed E-state index contributed by atoms with van der Waals surface area (Å²) in [7, 11) is 2.92. The highest BCUT2D eigenvalue weighted by atomic mass is 32.2. The number of nitro benzene ring substituents is 1. The van der Waals surface area contributed by atoms with Crippen LogP contribution in [0.2, 0.25) is 0 Å². The summed E-state index contributed by atoms with van der Waals surface area (Å²) in [6.07, 6.45) is 1.62. The third kappa shape index (κ3) is 4.70. The Balaban J connectivity index is 1.55. The van der Waals surface area contributed by atoms with Gasteiger partial charge >= 0.3 is 5.97 Å². The Morgan fingerprint density at radius 1 is 1.18 bits per heavy atom. The second-order valence-corrected chi connectivity index (χ2v) is 7.93. The smallest absolute Gasteiger partial charge is 0.337 e. The van der Waals surface area contributed by atoms with Gasteiger partial charge in [0.1, 0.15) is 11.5 Å². The number of ether oxygens (including phenoxy) is 1. The summed E-state index contributed by atoms with van der Waals surface area (Å²) in [4.78, 5) is 41.1. The molecule has 0 saturated carbocycles. The van der Waals surface area contributed by atoms with Crippen LogP contribution in [0.4, 0.5) is 11.4 Å². The number of rotatable bonds is 5. The van der Waals surface area contributed by atoms with Crippen molar-refractivity contribution in [1.29, 1.82) is 0 Å². The summed E-state index contributed by atoms with van der Waals surface area (Å²) in [5.74, 6) is 0.273. The zero-order chi connectivity index (χ0) is 23.5. The van der Waals surface area contributed by atoms with Gasteiger partial charge in [-0.3, -0.25) is 19.8 Å². The number of benzene rings is 2. The van der Waals surface area contributed by atoms with E-state index in [0.717, 1.165) is 0 Å². The molecule has 166 valence electrons. The highest BCUT2D eigenvalue weighted by molar-refractivity contribution is 8.18. The highest BCUT2D eigenvalue weighted by Crippen LogP contribution is 2.34. The Kier molecular flexibility index (Phi) is 6.09.